The van der Waals surface area contributed by atoms with Gasteiger partial charge in [-0.25, -0.2) is 0 Å². The van der Waals surface area contributed by atoms with Crippen LogP contribution in [0.4, 0.5) is 0 Å². The van der Waals surface area contributed by atoms with Crippen LogP contribution < -0.4 is 0 Å². The van der Waals surface area contributed by atoms with Gasteiger partial charge in [-0.3, -0.25) is 0 Å². The number of aliphatic hydroxyl groups is 4. The maximum atomic E-state index is 8.25. The van der Waals surface area contributed by atoms with Crippen molar-refractivity contribution in [3.8, 4) is 0 Å². The third-order valence-electron chi connectivity index (χ3n) is 2.75. The average Bonchev–Trinajstić information content (AvgIpc) is 2.69. The molecule has 0 aliphatic rings. The van der Waals surface area contributed by atoms with E-state index in [0.29, 0.717) is 50.1 Å². The van der Waals surface area contributed by atoms with Crippen molar-refractivity contribution < 1.29 is 57.9 Å². The van der Waals surface area contributed by atoms with Gasteiger partial charge in [0.25, 0.3) is 0 Å². The molecule has 8 nitrogen and oxygen atoms in total. The molecule has 0 bridgehead atoms. The maximum Gasteiger partial charge on any atom is 0.0697 e. The van der Waals surface area contributed by atoms with E-state index < -0.39 is 0 Å². The molecule has 0 aromatic heterocycles. The van der Waals surface area contributed by atoms with E-state index in [2.05, 4.69) is 55.4 Å². The monoisotopic (exact) mass is 523 g/mol. The fourth-order valence-electron chi connectivity index (χ4n) is 1.53. The van der Waals surface area contributed by atoms with Crippen LogP contribution in [-0.4, -0.2) is 99.7 Å². The van der Waals surface area contributed by atoms with Gasteiger partial charge < -0.3 is 39.4 Å². The van der Waals surface area contributed by atoms with Crippen LogP contribution in [0.25, 0.3) is 0 Å². The van der Waals surface area contributed by atoms with E-state index in [9.17, 15) is 0 Å². The molecule has 0 saturated heterocycles. The first-order valence-electron chi connectivity index (χ1n) is 11.8. The Bertz CT molecular complexity index is 238. The predicted molar refractivity (Wildman–Crippen MR) is 131 cm³/mol. The second kappa shape index (κ2) is 39.5. The fourth-order valence-corrected chi connectivity index (χ4v) is 1.53. The molecule has 0 unspecified atom stereocenters. The van der Waals surface area contributed by atoms with Crippen molar-refractivity contribution in [3.63, 3.8) is 0 Å². The Morgan fingerprint density at radius 3 is 0.636 bits per heavy atom. The van der Waals surface area contributed by atoms with Crippen molar-refractivity contribution in [3.05, 3.63) is 0 Å². The van der Waals surface area contributed by atoms with Crippen LogP contribution in [-0.2, 0) is 37.5 Å². The van der Waals surface area contributed by atoms with Crippen LogP contribution in [0.5, 0.6) is 0 Å². The Balaban J connectivity index is -0.000000105. The van der Waals surface area contributed by atoms with Crippen LogP contribution in [0.15, 0.2) is 0 Å². The minimum Gasteiger partial charge on any atom is -0.394 e. The average molecular weight is 524 g/mol. The first-order valence-corrected chi connectivity index (χ1v) is 11.8. The van der Waals surface area contributed by atoms with E-state index in [1.54, 1.807) is 0 Å². The Hall–Kier alpha value is 0.264. The third kappa shape index (κ3) is 72.0. The van der Waals surface area contributed by atoms with Crippen molar-refractivity contribution in [1.82, 2.24) is 0 Å². The van der Waals surface area contributed by atoms with Gasteiger partial charge in [0.05, 0.1) is 52.9 Å². The van der Waals surface area contributed by atoms with Gasteiger partial charge >= 0.3 is 0 Å². The molecule has 0 aromatic carbocycles. The molecule has 4 N–H and O–H groups in total. The summed E-state index contributed by atoms with van der Waals surface area (Å²) in [5.41, 5.74) is 0. The number of ether oxygens (including phenoxy) is 4. The van der Waals surface area contributed by atoms with Crippen LogP contribution >= 0.6 is 0 Å². The van der Waals surface area contributed by atoms with Crippen LogP contribution in [0.1, 0.15) is 55.4 Å². The molecule has 205 valence electrons. The van der Waals surface area contributed by atoms with Crippen LogP contribution in [0.2, 0.25) is 0 Å². The van der Waals surface area contributed by atoms with Gasteiger partial charge in [0, 0.05) is 45.0 Å². The van der Waals surface area contributed by atoms with E-state index in [-0.39, 0.29) is 45.0 Å². The fraction of sp³-hybridized carbons (Fsp3) is 1.00. The summed E-state index contributed by atoms with van der Waals surface area (Å²) in [6.45, 7) is 22.1. The van der Waals surface area contributed by atoms with Crippen molar-refractivity contribution in [1.29, 1.82) is 0 Å². The molecule has 0 rings (SSSR count). The van der Waals surface area contributed by atoms with E-state index in [1.165, 1.54) is 0 Å². The smallest absolute Gasteiger partial charge is 0.0697 e. The van der Waals surface area contributed by atoms with E-state index in [1.807, 2.05) is 0 Å². The van der Waals surface area contributed by atoms with Gasteiger partial charge in [-0.05, 0) is 23.7 Å². The SMILES string of the molecule is CC(C)COCCO.CC(C)COCCO.CC(C)COCCO.CC(C)COCCO.[V]. The van der Waals surface area contributed by atoms with Gasteiger partial charge in [0.2, 0.25) is 0 Å². The van der Waals surface area contributed by atoms with Gasteiger partial charge in [0.15, 0.2) is 0 Å². The Labute approximate surface area is 216 Å². The molecule has 0 saturated carbocycles. The standard InChI is InChI=1S/4C6H14O2.V/c4*1-6(2)5-8-4-3-7;/h4*6-7H,3-5H2,1-2H3;. The van der Waals surface area contributed by atoms with Crippen molar-refractivity contribution in [2.24, 2.45) is 23.7 Å². The number of rotatable bonds is 16. The molecule has 0 spiro atoms. The normalized spacial score (nSPS) is 10.2. The van der Waals surface area contributed by atoms with Crippen molar-refractivity contribution in [2.45, 2.75) is 55.4 Å². The molecule has 0 fully saturated rings. The summed E-state index contributed by atoms with van der Waals surface area (Å²) in [6.07, 6.45) is 0. The van der Waals surface area contributed by atoms with Gasteiger partial charge in [-0.1, -0.05) is 55.4 Å². The molecule has 0 amide bonds. The molecular weight excluding hydrogens is 467 g/mol. The minimum absolute atomic E-state index is 0. The number of hydrogen-bond donors (Lipinski definition) is 4. The Morgan fingerprint density at radius 1 is 0.394 bits per heavy atom. The zero-order chi connectivity index (χ0) is 25.6. The molecule has 9 heteroatoms. The largest absolute Gasteiger partial charge is 0.394 e. The zero-order valence-corrected chi connectivity index (χ0v) is 24.1. The van der Waals surface area contributed by atoms with Crippen LogP contribution in [0, 0.1) is 23.7 Å². The van der Waals surface area contributed by atoms with Gasteiger partial charge in [-0.2, -0.15) is 0 Å². The zero-order valence-electron chi connectivity index (χ0n) is 22.7. The van der Waals surface area contributed by atoms with Crippen molar-refractivity contribution in [2.75, 3.05) is 79.3 Å². The second-order valence-corrected chi connectivity index (χ2v) is 8.77. The first-order chi connectivity index (χ1) is 15.1. The van der Waals surface area contributed by atoms with E-state index >= 15 is 0 Å². The predicted octanol–water partition coefficient (Wildman–Crippen LogP) is 2.60. The Morgan fingerprint density at radius 2 is 0.545 bits per heavy atom. The summed E-state index contributed by atoms with van der Waals surface area (Å²) in [4.78, 5) is 0. The van der Waals surface area contributed by atoms with E-state index in [0.717, 1.165) is 26.4 Å². The molecule has 0 aliphatic carbocycles. The molecule has 0 aromatic rings. The second-order valence-electron chi connectivity index (χ2n) is 8.77. The van der Waals surface area contributed by atoms with Gasteiger partial charge in [0.1, 0.15) is 0 Å². The third-order valence-corrected chi connectivity index (χ3v) is 2.75. The summed E-state index contributed by atoms with van der Waals surface area (Å²) < 4.78 is 20.0. The minimum atomic E-state index is 0. The Kier molecular flexibility index (Phi) is 51.9. The van der Waals surface area contributed by atoms with E-state index in [4.69, 9.17) is 39.4 Å². The number of hydrogen-bond acceptors (Lipinski definition) is 8. The molecule has 1 radical (unpaired) electrons. The van der Waals surface area contributed by atoms with Gasteiger partial charge in [-0.15, -0.1) is 0 Å². The maximum absolute atomic E-state index is 8.25. The van der Waals surface area contributed by atoms with Crippen molar-refractivity contribution >= 4 is 0 Å². The summed E-state index contributed by atoms with van der Waals surface area (Å²) in [5.74, 6) is 2.28. The first kappa shape index (κ1) is 43.3. The number of aliphatic hydroxyl groups excluding tert-OH is 4. The molecule has 0 heterocycles. The summed E-state index contributed by atoms with van der Waals surface area (Å²) >= 11 is 0. The summed E-state index contributed by atoms with van der Waals surface area (Å²) in [7, 11) is 0. The quantitative estimate of drug-likeness (QED) is 0.228. The molecular formula is C24H56O8V. The molecule has 0 atom stereocenters. The molecule has 0 aliphatic heterocycles. The van der Waals surface area contributed by atoms with Crippen LogP contribution in [0.3, 0.4) is 0 Å². The topological polar surface area (TPSA) is 118 Å². The molecule has 33 heavy (non-hydrogen) atoms. The summed E-state index contributed by atoms with van der Waals surface area (Å²) in [6, 6.07) is 0. The summed E-state index contributed by atoms with van der Waals surface area (Å²) in [5, 5.41) is 33.0.